The number of rotatable bonds is 5. The number of aryl methyl sites for hydroxylation is 2. The lowest BCUT2D eigenvalue weighted by molar-refractivity contribution is 0.0697. The van der Waals surface area contributed by atoms with Crippen LogP contribution in [0.3, 0.4) is 0 Å². The lowest BCUT2D eigenvalue weighted by Crippen LogP contribution is -2.02. The zero-order valence-corrected chi connectivity index (χ0v) is 13.9. The third kappa shape index (κ3) is 4.32. The Labute approximate surface area is 145 Å². The van der Waals surface area contributed by atoms with Crippen molar-refractivity contribution in [1.82, 2.24) is 9.97 Å². The minimum atomic E-state index is -0.968. The fourth-order valence-electron chi connectivity index (χ4n) is 2.36. The zero-order valence-electron chi connectivity index (χ0n) is 13.9. The molecule has 0 saturated carbocycles. The van der Waals surface area contributed by atoms with Crippen LogP contribution in [0, 0.1) is 13.8 Å². The smallest absolute Gasteiger partial charge is 0.335 e. The lowest BCUT2D eigenvalue weighted by atomic mass is 10.2. The summed E-state index contributed by atoms with van der Waals surface area (Å²) in [5.74, 6) is 0.885. The minimum absolute atomic E-state index is 0.216. The number of carboxylic acids is 1. The normalized spacial score (nSPS) is 10.3. The third-order valence-corrected chi connectivity index (χ3v) is 3.54. The van der Waals surface area contributed by atoms with E-state index in [2.05, 4.69) is 20.6 Å². The standard InChI is InChI=1S/C19H18N4O2/c1-12-6-8-15(9-7-12)22-17-11-18(21-13(2)20-17)23-16-5-3-4-14(10-16)19(24)25/h3-11H,1-2H3,(H,24,25)(H2,20,21,22,23). The highest BCUT2D eigenvalue weighted by molar-refractivity contribution is 5.89. The molecule has 0 radical (unpaired) electrons. The number of carboxylic acid groups (broad SMARTS) is 1. The summed E-state index contributed by atoms with van der Waals surface area (Å²) in [4.78, 5) is 19.8. The predicted molar refractivity (Wildman–Crippen MR) is 97.9 cm³/mol. The predicted octanol–water partition coefficient (Wildman–Crippen LogP) is 4.28. The minimum Gasteiger partial charge on any atom is -0.478 e. The fourth-order valence-corrected chi connectivity index (χ4v) is 2.36. The third-order valence-electron chi connectivity index (χ3n) is 3.54. The van der Waals surface area contributed by atoms with Crippen LogP contribution < -0.4 is 10.6 Å². The van der Waals surface area contributed by atoms with E-state index in [0.29, 0.717) is 23.1 Å². The summed E-state index contributed by atoms with van der Waals surface area (Å²) in [6.45, 7) is 3.84. The number of nitrogens with zero attached hydrogens (tertiary/aromatic N) is 2. The molecule has 1 aromatic heterocycles. The van der Waals surface area contributed by atoms with Gasteiger partial charge >= 0.3 is 5.97 Å². The molecule has 0 bridgehead atoms. The van der Waals surface area contributed by atoms with Crippen LogP contribution in [0.4, 0.5) is 23.0 Å². The number of hydrogen-bond acceptors (Lipinski definition) is 5. The monoisotopic (exact) mass is 334 g/mol. The molecule has 3 N–H and O–H groups in total. The molecule has 126 valence electrons. The maximum Gasteiger partial charge on any atom is 0.335 e. The molecule has 6 heteroatoms. The van der Waals surface area contributed by atoms with Gasteiger partial charge in [0.25, 0.3) is 0 Å². The Morgan fingerprint density at radius 1 is 0.880 bits per heavy atom. The highest BCUT2D eigenvalue weighted by Gasteiger charge is 2.06. The first kappa shape index (κ1) is 16.4. The molecule has 2 aromatic carbocycles. The summed E-state index contributed by atoms with van der Waals surface area (Å²) in [7, 11) is 0. The topological polar surface area (TPSA) is 87.1 Å². The van der Waals surface area contributed by atoms with Gasteiger partial charge in [0.15, 0.2) is 0 Å². The Hall–Kier alpha value is -3.41. The van der Waals surface area contributed by atoms with Gasteiger partial charge in [0.1, 0.15) is 17.5 Å². The molecule has 6 nitrogen and oxygen atoms in total. The van der Waals surface area contributed by atoms with E-state index < -0.39 is 5.97 Å². The van der Waals surface area contributed by atoms with Crippen molar-refractivity contribution in [3.05, 3.63) is 71.5 Å². The molecule has 0 aliphatic carbocycles. The first-order valence-corrected chi connectivity index (χ1v) is 7.79. The number of anilines is 4. The molecule has 3 aromatic rings. The van der Waals surface area contributed by atoms with E-state index >= 15 is 0 Å². The average Bonchev–Trinajstić information content (AvgIpc) is 2.57. The van der Waals surface area contributed by atoms with Gasteiger partial charge < -0.3 is 15.7 Å². The van der Waals surface area contributed by atoms with Crippen LogP contribution in [0.5, 0.6) is 0 Å². The number of aromatic carboxylic acids is 1. The van der Waals surface area contributed by atoms with E-state index in [9.17, 15) is 4.79 Å². The summed E-state index contributed by atoms with van der Waals surface area (Å²) in [5, 5.41) is 15.4. The van der Waals surface area contributed by atoms with E-state index in [1.54, 1.807) is 37.3 Å². The van der Waals surface area contributed by atoms with Crippen molar-refractivity contribution >= 4 is 29.0 Å². The summed E-state index contributed by atoms with van der Waals surface area (Å²) >= 11 is 0. The highest BCUT2D eigenvalue weighted by Crippen LogP contribution is 2.21. The largest absolute Gasteiger partial charge is 0.478 e. The second-order valence-corrected chi connectivity index (χ2v) is 5.69. The molecule has 0 amide bonds. The molecule has 25 heavy (non-hydrogen) atoms. The van der Waals surface area contributed by atoms with Crippen molar-refractivity contribution in [2.45, 2.75) is 13.8 Å². The maximum absolute atomic E-state index is 11.1. The molecule has 0 spiro atoms. The van der Waals surface area contributed by atoms with Crippen LogP contribution in [0.25, 0.3) is 0 Å². The van der Waals surface area contributed by atoms with Crippen LogP contribution in [0.2, 0.25) is 0 Å². The van der Waals surface area contributed by atoms with Gasteiger partial charge in [-0.1, -0.05) is 23.8 Å². The van der Waals surface area contributed by atoms with E-state index in [4.69, 9.17) is 5.11 Å². The van der Waals surface area contributed by atoms with Gasteiger partial charge in [-0.3, -0.25) is 0 Å². The van der Waals surface area contributed by atoms with Crippen molar-refractivity contribution in [2.24, 2.45) is 0 Å². The van der Waals surface area contributed by atoms with Crippen molar-refractivity contribution in [3.63, 3.8) is 0 Å². The summed E-state index contributed by atoms with van der Waals surface area (Å²) in [5.41, 5.74) is 2.99. The van der Waals surface area contributed by atoms with Crippen molar-refractivity contribution in [2.75, 3.05) is 10.6 Å². The van der Waals surface area contributed by atoms with Gasteiger partial charge in [-0.15, -0.1) is 0 Å². The Bertz CT molecular complexity index is 908. The van der Waals surface area contributed by atoms with Crippen LogP contribution in [0.1, 0.15) is 21.7 Å². The Morgan fingerprint density at radius 2 is 1.52 bits per heavy atom. The molecule has 3 rings (SSSR count). The molecular formula is C19H18N4O2. The van der Waals surface area contributed by atoms with Crippen LogP contribution in [0.15, 0.2) is 54.6 Å². The van der Waals surface area contributed by atoms with E-state index in [1.165, 1.54) is 5.56 Å². The fraction of sp³-hybridized carbons (Fsp3) is 0.105. The lowest BCUT2D eigenvalue weighted by Gasteiger charge is -2.11. The van der Waals surface area contributed by atoms with Crippen LogP contribution in [-0.4, -0.2) is 21.0 Å². The first-order chi connectivity index (χ1) is 12.0. The summed E-state index contributed by atoms with van der Waals surface area (Å²) in [6.07, 6.45) is 0. The number of aromatic nitrogens is 2. The molecular weight excluding hydrogens is 316 g/mol. The van der Waals surface area contributed by atoms with E-state index in [-0.39, 0.29) is 5.56 Å². The quantitative estimate of drug-likeness (QED) is 0.645. The number of hydrogen-bond donors (Lipinski definition) is 3. The molecule has 1 heterocycles. The molecule has 0 fully saturated rings. The molecule has 0 unspecified atom stereocenters. The van der Waals surface area contributed by atoms with Gasteiger partial charge in [0.2, 0.25) is 0 Å². The van der Waals surface area contributed by atoms with Crippen molar-refractivity contribution < 1.29 is 9.90 Å². The number of benzene rings is 2. The second-order valence-electron chi connectivity index (χ2n) is 5.69. The van der Waals surface area contributed by atoms with Crippen molar-refractivity contribution in [1.29, 1.82) is 0 Å². The van der Waals surface area contributed by atoms with Gasteiger partial charge in [-0.2, -0.15) is 0 Å². The molecule has 0 saturated heterocycles. The average molecular weight is 334 g/mol. The van der Waals surface area contributed by atoms with E-state index in [1.807, 2.05) is 31.2 Å². The number of nitrogens with one attached hydrogen (secondary N) is 2. The summed E-state index contributed by atoms with van der Waals surface area (Å²) < 4.78 is 0. The first-order valence-electron chi connectivity index (χ1n) is 7.79. The molecule has 0 aliphatic rings. The molecule has 0 atom stereocenters. The van der Waals surface area contributed by atoms with Gasteiger partial charge in [0, 0.05) is 17.4 Å². The Kier molecular flexibility index (Phi) is 4.61. The van der Waals surface area contributed by atoms with Gasteiger partial charge in [-0.25, -0.2) is 14.8 Å². The second kappa shape index (κ2) is 7.00. The SMILES string of the molecule is Cc1ccc(Nc2cc(Nc3cccc(C(=O)O)c3)nc(C)n2)cc1. The zero-order chi connectivity index (χ0) is 17.8. The maximum atomic E-state index is 11.1. The van der Waals surface area contributed by atoms with Crippen LogP contribution >= 0.6 is 0 Å². The van der Waals surface area contributed by atoms with Gasteiger partial charge in [0.05, 0.1) is 5.56 Å². The van der Waals surface area contributed by atoms with Crippen LogP contribution in [-0.2, 0) is 0 Å². The van der Waals surface area contributed by atoms with Gasteiger partial charge in [-0.05, 0) is 44.2 Å². The van der Waals surface area contributed by atoms with Crippen molar-refractivity contribution in [3.8, 4) is 0 Å². The summed E-state index contributed by atoms with van der Waals surface area (Å²) in [6, 6.07) is 16.4. The number of carbonyl (C=O) groups is 1. The van der Waals surface area contributed by atoms with E-state index in [0.717, 1.165) is 5.69 Å². The molecule has 0 aliphatic heterocycles. The Morgan fingerprint density at radius 3 is 2.16 bits per heavy atom. The Balaban J connectivity index is 1.83. The highest BCUT2D eigenvalue weighted by atomic mass is 16.4.